The molecule has 1 heterocycles. The number of nitrogens with zero attached hydrogens (tertiary/aromatic N) is 2. The number of hydrogen-bond donors (Lipinski definition) is 1. The molecule has 0 radical (unpaired) electrons. The minimum Gasteiger partial charge on any atom is -0.358 e. The predicted molar refractivity (Wildman–Crippen MR) is 45.4 cm³/mol. The van der Waals surface area contributed by atoms with Gasteiger partial charge >= 0.3 is 0 Å². The van der Waals surface area contributed by atoms with E-state index in [1.165, 1.54) is 0 Å². The minimum atomic E-state index is 0.186. The number of hydrogen-bond acceptors (Lipinski definition) is 4. The third kappa shape index (κ3) is 2.56. The van der Waals surface area contributed by atoms with Crippen molar-refractivity contribution in [2.24, 2.45) is 0 Å². The number of nitriles is 1. The molecule has 1 atom stereocenters. The van der Waals surface area contributed by atoms with E-state index in [4.69, 9.17) is 5.26 Å². The highest BCUT2D eigenvalue weighted by Gasteiger charge is 2.01. The average molecular weight is 167 g/mol. The topological polar surface area (TPSA) is 48.7 Å². The highest BCUT2D eigenvalue weighted by molar-refractivity contribution is 7.13. The van der Waals surface area contributed by atoms with Crippen LogP contribution in [0.3, 0.4) is 0 Å². The van der Waals surface area contributed by atoms with Crippen molar-refractivity contribution in [3.8, 4) is 6.07 Å². The van der Waals surface area contributed by atoms with Crippen LogP contribution in [0.25, 0.3) is 0 Å². The van der Waals surface area contributed by atoms with Crippen molar-refractivity contribution < 1.29 is 0 Å². The summed E-state index contributed by atoms with van der Waals surface area (Å²) in [7, 11) is 0. The first-order valence-electron chi connectivity index (χ1n) is 3.36. The van der Waals surface area contributed by atoms with Gasteiger partial charge < -0.3 is 5.32 Å². The molecule has 4 heteroatoms. The SMILES string of the molecule is CC(CC#N)Nc1nccs1. The van der Waals surface area contributed by atoms with Gasteiger partial charge in [0, 0.05) is 17.6 Å². The van der Waals surface area contributed by atoms with Crippen LogP contribution in [0.5, 0.6) is 0 Å². The van der Waals surface area contributed by atoms with Crippen LogP contribution in [-0.2, 0) is 0 Å². The fourth-order valence-electron chi connectivity index (χ4n) is 0.693. The largest absolute Gasteiger partial charge is 0.358 e. The van der Waals surface area contributed by atoms with Crippen molar-refractivity contribution in [1.82, 2.24) is 4.98 Å². The Morgan fingerprint density at radius 2 is 2.73 bits per heavy atom. The standard InChI is InChI=1S/C7H9N3S/c1-6(2-3-8)10-7-9-4-5-11-7/h4-6H,2H2,1H3,(H,9,10). The third-order valence-electron chi connectivity index (χ3n) is 1.20. The van der Waals surface area contributed by atoms with Crippen molar-refractivity contribution >= 4 is 16.5 Å². The summed E-state index contributed by atoms with van der Waals surface area (Å²) in [6, 6.07) is 2.28. The molecule has 1 rings (SSSR count). The monoisotopic (exact) mass is 167 g/mol. The van der Waals surface area contributed by atoms with Crippen LogP contribution in [0.2, 0.25) is 0 Å². The lowest BCUT2D eigenvalue weighted by molar-refractivity contribution is 0.819. The van der Waals surface area contributed by atoms with E-state index in [1.54, 1.807) is 17.5 Å². The molecule has 0 fully saturated rings. The van der Waals surface area contributed by atoms with Gasteiger partial charge in [0.15, 0.2) is 5.13 Å². The Balaban J connectivity index is 2.38. The molecule has 0 aliphatic rings. The molecule has 0 aliphatic carbocycles. The molecule has 0 saturated heterocycles. The van der Waals surface area contributed by atoms with E-state index >= 15 is 0 Å². The van der Waals surface area contributed by atoms with Crippen molar-refractivity contribution in [2.45, 2.75) is 19.4 Å². The molecule has 1 aromatic rings. The number of aromatic nitrogens is 1. The number of anilines is 1. The molecule has 58 valence electrons. The molecule has 0 aliphatic heterocycles. The van der Waals surface area contributed by atoms with Gasteiger partial charge in [-0.3, -0.25) is 0 Å². The van der Waals surface area contributed by atoms with Crippen LogP contribution in [0.1, 0.15) is 13.3 Å². The fourth-order valence-corrected chi connectivity index (χ4v) is 1.34. The maximum absolute atomic E-state index is 8.36. The molecular weight excluding hydrogens is 158 g/mol. The molecular formula is C7H9N3S. The quantitative estimate of drug-likeness (QED) is 0.747. The summed E-state index contributed by atoms with van der Waals surface area (Å²) in [5, 5.41) is 14.3. The van der Waals surface area contributed by atoms with Gasteiger partial charge in [-0.05, 0) is 6.92 Å². The van der Waals surface area contributed by atoms with Crippen LogP contribution in [0.4, 0.5) is 5.13 Å². The zero-order valence-corrected chi connectivity index (χ0v) is 7.06. The summed E-state index contributed by atoms with van der Waals surface area (Å²) >= 11 is 1.55. The Hall–Kier alpha value is -1.08. The zero-order valence-electron chi connectivity index (χ0n) is 6.24. The van der Waals surface area contributed by atoms with Crippen molar-refractivity contribution in [3.63, 3.8) is 0 Å². The van der Waals surface area contributed by atoms with Crippen molar-refractivity contribution in [1.29, 1.82) is 5.26 Å². The van der Waals surface area contributed by atoms with Gasteiger partial charge in [-0.2, -0.15) is 5.26 Å². The summed E-state index contributed by atoms with van der Waals surface area (Å²) in [5.74, 6) is 0. The first kappa shape index (κ1) is 8.02. The van der Waals surface area contributed by atoms with Gasteiger partial charge in [0.25, 0.3) is 0 Å². The molecule has 1 unspecified atom stereocenters. The summed E-state index contributed by atoms with van der Waals surface area (Å²) in [5.41, 5.74) is 0. The lowest BCUT2D eigenvalue weighted by Crippen LogP contribution is -2.13. The van der Waals surface area contributed by atoms with Gasteiger partial charge in [0.05, 0.1) is 12.5 Å². The molecule has 0 amide bonds. The van der Waals surface area contributed by atoms with E-state index in [2.05, 4.69) is 16.4 Å². The first-order valence-corrected chi connectivity index (χ1v) is 4.24. The van der Waals surface area contributed by atoms with Crippen molar-refractivity contribution in [2.75, 3.05) is 5.32 Å². The summed E-state index contributed by atoms with van der Waals surface area (Å²) in [6.45, 7) is 1.96. The van der Waals surface area contributed by atoms with Crippen LogP contribution in [-0.4, -0.2) is 11.0 Å². The number of thiazole rings is 1. The normalized spacial score (nSPS) is 12.0. The van der Waals surface area contributed by atoms with E-state index in [0.29, 0.717) is 6.42 Å². The molecule has 0 saturated carbocycles. The molecule has 1 N–H and O–H groups in total. The molecule has 0 spiro atoms. The van der Waals surface area contributed by atoms with Gasteiger partial charge in [-0.15, -0.1) is 11.3 Å². The molecule has 0 aromatic carbocycles. The fraction of sp³-hybridized carbons (Fsp3) is 0.429. The Labute approximate surface area is 69.7 Å². The molecule has 11 heavy (non-hydrogen) atoms. The molecule has 1 aromatic heterocycles. The number of rotatable bonds is 3. The van der Waals surface area contributed by atoms with Crippen LogP contribution >= 0.6 is 11.3 Å². The average Bonchev–Trinajstić information content (AvgIpc) is 2.40. The minimum absolute atomic E-state index is 0.186. The maximum Gasteiger partial charge on any atom is 0.182 e. The third-order valence-corrected chi connectivity index (χ3v) is 1.90. The van der Waals surface area contributed by atoms with Gasteiger partial charge in [-0.25, -0.2) is 4.98 Å². The van der Waals surface area contributed by atoms with Crippen LogP contribution in [0, 0.1) is 11.3 Å². The zero-order chi connectivity index (χ0) is 8.10. The lowest BCUT2D eigenvalue weighted by atomic mass is 10.3. The highest BCUT2D eigenvalue weighted by atomic mass is 32.1. The van der Waals surface area contributed by atoms with Gasteiger partial charge in [0.1, 0.15) is 0 Å². The van der Waals surface area contributed by atoms with E-state index in [9.17, 15) is 0 Å². The summed E-state index contributed by atoms with van der Waals surface area (Å²) in [4.78, 5) is 4.04. The number of nitrogens with one attached hydrogen (secondary N) is 1. The Morgan fingerprint density at radius 1 is 1.91 bits per heavy atom. The van der Waals surface area contributed by atoms with E-state index in [1.807, 2.05) is 12.3 Å². The van der Waals surface area contributed by atoms with Gasteiger partial charge in [0.2, 0.25) is 0 Å². The first-order chi connectivity index (χ1) is 5.33. The second-order valence-corrected chi connectivity index (χ2v) is 3.14. The predicted octanol–water partition coefficient (Wildman–Crippen LogP) is 1.86. The molecule has 0 bridgehead atoms. The van der Waals surface area contributed by atoms with Crippen molar-refractivity contribution in [3.05, 3.63) is 11.6 Å². The smallest absolute Gasteiger partial charge is 0.182 e. The Bertz CT molecular complexity index is 237. The maximum atomic E-state index is 8.36. The summed E-state index contributed by atoms with van der Waals surface area (Å²) < 4.78 is 0. The Morgan fingerprint density at radius 3 is 3.27 bits per heavy atom. The second kappa shape index (κ2) is 3.94. The van der Waals surface area contributed by atoms with E-state index in [-0.39, 0.29) is 6.04 Å². The molecule has 3 nitrogen and oxygen atoms in total. The lowest BCUT2D eigenvalue weighted by Gasteiger charge is -2.06. The van der Waals surface area contributed by atoms with E-state index < -0.39 is 0 Å². The highest BCUT2D eigenvalue weighted by Crippen LogP contribution is 2.12. The van der Waals surface area contributed by atoms with Crippen LogP contribution in [0.15, 0.2) is 11.6 Å². The van der Waals surface area contributed by atoms with Gasteiger partial charge in [-0.1, -0.05) is 0 Å². The van der Waals surface area contributed by atoms with Crippen LogP contribution < -0.4 is 5.32 Å². The summed E-state index contributed by atoms with van der Waals surface area (Å²) in [6.07, 6.45) is 2.26. The Kier molecular flexibility index (Phi) is 2.87. The second-order valence-electron chi connectivity index (χ2n) is 2.24. The van der Waals surface area contributed by atoms with E-state index in [0.717, 1.165) is 5.13 Å².